The van der Waals surface area contributed by atoms with Crippen LogP contribution in [0.3, 0.4) is 0 Å². The molecule has 2 aromatic rings. The van der Waals surface area contributed by atoms with Gasteiger partial charge in [-0.3, -0.25) is 0 Å². The molecule has 0 amide bonds. The summed E-state index contributed by atoms with van der Waals surface area (Å²) in [7, 11) is 0. The van der Waals surface area contributed by atoms with Crippen LogP contribution in [0.25, 0.3) is 10.2 Å². The molecule has 0 aliphatic carbocycles. The second kappa shape index (κ2) is 5.06. The van der Waals surface area contributed by atoms with E-state index in [9.17, 15) is 0 Å². The molecule has 1 heterocycles. The number of hydrogen-bond acceptors (Lipinski definition) is 4. The molecule has 2 rings (SSSR count). The topological polar surface area (TPSA) is 87.5 Å². The van der Waals surface area contributed by atoms with Crippen molar-refractivity contribution in [2.75, 3.05) is 0 Å². The van der Waals surface area contributed by atoms with Gasteiger partial charge in [-0.2, -0.15) is 0 Å². The Morgan fingerprint density at radius 1 is 1.13 bits per heavy atom. The summed E-state index contributed by atoms with van der Waals surface area (Å²) in [4.78, 5) is 22.3. The quantitative estimate of drug-likeness (QED) is 0.662. The lowest BCUT2D eigenvalue weighted by molar-refractivity contribution is -0.159. The Hall–Kier alpha value is -1.95. The van der Waals surface area contributed by atoms with Gasteiger partial charge in [-0.15, -0.1) is 11.3 Å². The van der Waals surface area contributed by atoms with Crippen LogP contribution >= 0.6 is 11.3 Å². The number of carbonyl (C=O) groups is 2. The van der Waals surface area contributed by atoms with E-state index in [1.54, 1.807) is 11.3 Å². The molecule has 6 heteroatoms. The molecule has 0 aliphatic heterocycles. The number of thiazole rings is 1. The summed E-state index contributed by atoms with van der Waals surface area (Å²) < 4.78 is 1.26. The predicted octanol–water partition coefficient (Wildman–Crippen LogP) is 1.45. The first-order valence-electron chi connectivity index (χ1n) is 3.85. The minimum atomic E-state index is -1.82. The minimum Gasteiger partial charge on any atom is -0.473 e. The number of carboxylic acid groups (broad SMARTS) is 2. The molecule has 0 aliphatic rings. The number of nitrogens with zero attached hydrogens (tertiary/aromatic N) is 1. The summed E-state index contributed by atoms with van der Waals surface area (Å²) >= 11 is 1.68. The van der Waals surface area contributed by atoms with Gasteiger partial charge in [0.25, 0.3) is 0 Å². The van der Waals surface area contributed by atoms with Gasteiger partial charge in [0, 0.05) is 0 Å². The van der Waals surface area contributed by atoms with E-state index < -0.39 is 11.9 Å². The van der Waals surface area contributed by atoms with Crippen LogP contribution in [0.15, 0.2) is 29.8 Å². The fourth-order valence-electron chi connectivity index (χ4n) is 0.803. The Balaban J connectivity index is 0.000000167. The van der Waals surface area contributed by atoms with Gasteiger partial charge < -0.3 is 10.2 Å². The zero-order valence-electron chi connectivity index (χ0n) is 7.45. The summed E-state index contributed by atoms with van der Waals surface area (Å²) in [5.41, 5.74) is 2.97. The van der Waals surface area contributed by atoms with Crippen molar-refractivity contribution in [2.45, 2.75) is 0 Å². The standard InChI is InChI=1S/C7H5NS.C2H2O4/c1-2-4-7-6(3-1)8-5-9-7;3-1(4)2(5)6/h1-5H;(H,3,4)(H,5,6). The Morgan fingerprint density at radius 3 is 2.27 bits per heavy atom. The summed E-state index contributed by atoms with van der Waals surface area (Å²) in [6.45, 7) is 0. The molecule has 78 valence electrons. The molecular formula is C9H7NO4S. The van der Waals surface area contributed by atoms with Crippen LogP contribution in [0.1, 0.15) is 0 Å². The van der Waals surface area contributed by atoms with Gasteiger partial charge in [-0.05, 0) is 12.1 Å². The van der Waals surface area contributed by atoms with Gasteiger partial charge in [0.05, 0.1) is 15.7 Å². The average molecular weight is 225 g/mol. The highest BCUT2D eigenvalue weighted by Gasteiger charge is 2.04. The number of aliphatic carboxylic acids is 2. The predicted molar refractivity (Wildman–Crippen MR) is 54.9 cm³/mol. The van der Waals surface area contributed by atoms with Crippen molar-refractivity contribution in [2.24, 2.45) is 0 Å². The van der Waals surface area contributed by atoms with E-state index in [-0.39, 0.29) is 0 Å². The van der Waals surface area contributed by atoms with Crippen LogP contribution < -0.4 is 0 Å². The maximum atomic E-state index is 9.10. The van der Waals surface area contributed by atoms with E-state index in [2.05, 4.69) is 11.1 Å². The lowest BCUT2D eigenvalue weighted by Crippen LogP contribution is -2.09. The van der Waals surface area contributed by atoms with Gasteiger partial charge in [0.15, 0.2) is 0 Å². The maximum Gasteiger partial charge on any atom is 0.414 e. The largest absolute Gasteiger partial charge is 0.473 e. The molecule has 0 saturated carbocycles. The first-order valence-corrected chi connectivity index (χ1v) is 4.73. The smallest absolute Gasteiger partial charge is 0.414 e. The van der Waals surface area contributed by atoms with Crippen LogP contribution in [0, 0.1) is 0 Å². The lowest BCUT2D eigenvalue weighted by Gasteiger charge is -1.80. The van der Waals surface area contributed by atoms with Gasteiger partial charge >= 0.3 is 11.9 Å². The van der Waals surface area contributed by atoms with Crippen LogP contribution in [0.4, 0.5) is 0 Å². The fourth-order valence-corrected chi connectivity index (χ4v) is 1.48. The molecule has 0 bridgehead atoms. The van der Waals surface area contributed by atoms with Crippen molar-refractivity contribution in [1.82, 2.24) is 4.98 Å². The second-order valence-corrected chi connectivity index (χ2v) is 3.32. The lowest BCUT2D eigenvalue weighted by atomic mass is 10.3. The van der Waals surface area contributed by atoms with E-state index in [0.717, 1.165) is 5.52 Å². The SMILES string of the molecule is O=C(O)C(=O)O.c1ccc2scnc2c1. The van der Waals surface area contributed by atoms with E-state index in [0.29, 0.717) is 0 Å². The monoisotopic (exact) mass is 225 g/mol. The number of aromatic nitrogens is 1. The molecule has 2 N–H and O–H groups in total. The summed E-state index contributed by atoms with van der Waals surface area (Å²) in [5, 5.41) is 14.8. The van der Waals surface area contributed by atoms with Crippen LogP contribution in [0.2, 0.25) is 0 Å². The molecule has 0 spiro atoms. The third kappa shape index (κ3) is 3.35. The molecule has 1 aromatic heterocycles. The fraction of sp³-hybridized carbons (Fsp3) is 0. The summed E-state index contributed by atoms with van der Waals surface area (Å²) in [6.07, 6.45) is 0. The van der Waals surface area contributed by atoms with E-state index in [1.165, 1.54) is 4.70 Å². The van der Waals surface area contributed by atoms with Crippen molar-refractivity contribution in [3.05, 3.63) is 29.8 Å². The van der Waals surface area contributed by atoms with Crippen molar-refractivity contribution in [3.63, 3.8) is 0 Å². The number of para-hydroxylation sites is 1. The van der Waals surface area contributed by atoms with Gasteiger partial charge in [0.2, 0.25) is 0 Å². The van der Waals surface area contributed by atoms with Crippen LogP contribution in [-0.4, -0.2) is 27.1 Å². The van der Waals surface area contributed by atoms with Crippen LogP contribution in [-0.2, 0) is 9.59 Å². The minimum absolute atomic E-state index is 1.10. The summed E-state index contributed by atoms with van der Waals surface area (Å²) in [6, 6.07) is 8.13. The Labute approximate surface area is 88.6 Å². The first kappa shape index (κ1) is 11.1. The molecular weight excluding hydrogens is 218 g/mol. The van der Waals surface area contributed by atoms with Gasteiger partial charge in [-0.1, -0.05) is 12.1 Å². The first-order chi connectivity index (χ1) is 7.11. The molecule has 0 saturated heterocycles. The molecule has 15 heavy (non-hydrogen) atoms. The molecule has 1 aromatic carbocycles. The zero-order valence-corrected chi connectivity index (χ0v) is 8.27. The second-order valence-electron chi connectivity index (χ2n) is 2.43. The van der Waals surface area contributed by atoms with Gasteiger partial charge in [-0.25, -0.2) is 14.6 Å². The van der Waals surface area contributed by atoms with E-state index in [4.69, 9.17) is 19.8 Å². The van der Waals surface area contributed by atoms with E-state index in [1.807, 2.05) is 23.7 Å². The Kier molecular flexibility index (Phi) is 3.75. The summed E-state index contributed by atoms with van der Waals surface area (Å²) in [5.74, 6) is -3.65. The highest BCUT2D eigenvalue weighted by Crippen LogP contribution is 2.15. The Bertz CT molecular complexity index is 437. The van der Waals surface area contributed by atoms with E-state index >= 15 is 0 Å². The highest BCUT2D eigenvalue weighted by atomic mass is 32.1. The normalized spacial score (nSPS) is 9.07. The molecule has 5 nitrogen and oxygen atoms in total. The van der Waals surface area contributed by atoms with Crippen molar-refractivity contribution < 1.29 is 19.8 Å². The highest BCUT2D eigenvalue weighted by molar-refractivity contribution is 7.16. The zero-order chi connectivity index (χ0) is 11.3. The van der Waals surface area contributed by atoms with Crippen molar-refractivity contribution in [1.29, 1.82) is 0 Å². The van der Waals surface area contributed by atoms with Crippen molar-refractivity contribution in [3.8, 4) is 0 Å². The molecule has 0 atom stereocenters. The number of rotatable bonds is 0. The van der Waals surface area contributed by atoms with Crippen molar-refractivity contribution >= 4 is 33.5 Å². The number of carboxylic acids is 2. The third-order valence-corrected chi connectivity index (χ3v) is 2.23. The number of hydrogen-bond donors (Lipinski definition) is 2. The average Bonchev–Trinajstić information content (AvgIpc) is 2.66. The maximum absolute atomic E-state index is 9.10. The van der Waals surface area contributed by atoms with Gasteiger partial charge in [0.1, 0.15) is 0 Å². The molecule has 0 unspecified atom stereocenters. The number of benzene rings is 1. The third-order valence-electron chi connectivity index (χ3n) is 1.42. The Morgan fingerprint density at radius 2 is 1.73 bits per heavy atom. The molecule has 0 fully saturated rings. The number of fused-ring (bicyclic) bond motifs is 1. The molecule has 0 radical (unpaired) electrons. The van der Waals surface area contributed by atoms with Crippen LogP contribution in [0.5, 0.6) is 0 Å².